The molecule has 0 radical (unpaired) electrons. The van der Waals surface area contributed by atoms with Gasteiger partial charge in [0, 0.05) is 10.7 Å². The fourth-order valence-electron chi connectivity index (χ4n) is 2.51. The predicted molar refractivity (Wildman–Crippen MR) is 119 cm³/mol. The molecule has 0 heterocycles. The van der Waals surface area contributed by atoms with Crippen LogP contribution in [0.3, 0.4) is 0 Å². The van der Waals surface area contributed by atoms with E-state index in [9.17, 15) is 26.8 Å². The van der Waals surface area contributed by atoms with Gasteiger partial charge < -0.3 is 9.47 Å². The third-order valence-electron chi connectivity index (χ3n) is 3.94. The molecule has 1 N–H and O–H groups in total. The van der Waals surface area contributed by atoms with Crippen LogP contribution in [0.5, 0.6) is 0 Å². The lowest BCUT2D eigenvalue weighted by Crippen LogP contribution is -2.41. The zero-order valence-corrected chi connectivity index (χ0v) is 21.1. The molecular weight excluding hydrogens is 743 g/mol. The maximum Gasteiger partial charge on any atom is 0.465 e. The molecule has 0 aliphatic heterocycles. The van der Waals surface area contributed by atoms with Crippen LogP contribution in [0.2, 0.25) is 0 Å². The number of ether oxygens (including phenoxy) is 2. The van der Waals surface area contributed by atoms with Gasteiger partial charge in [0.2, 0.25) is 0 Å². The van der Waals surface area contributed by atoms with Crippen molar-refractivity contribution in [3.05, 3.63) is 28.4 Å². The minimum absolute atomic E-state index is 0.117. The van der Waals surface area contributed by atoms with Crippen molar-refractivity contribution in [3.8, 4) is 0 Å². The molecule has 13 heteroatoms. The molecule has 0 aromatic heterocycles. The number of carbonyl (C=O) groups is 2. The van der Waals surface area contributed by atoms with E-state index in [1.807, 2.05) is 6.07 Å². The van der Waals surface area contributed by atoms with Crippen LogP contribution in [0, 0.1) is 10.7 Å². The summed E-state index contributed by atoms with van der Waals surface area (Å²) >= 11 is 6.26. The molecule has 0 unspecified atom stereocenters. The third kappa shape index (κ3) is 5.84. The number of hydrogen-bond donors (Lipinski definition) is 1. The standard InChI is InChI=1S/C15H13F2I3O7S/c16-15(17,28(23,24)25)14(22)27-9-3-1-8(2-4-9)26-13(21)10-5-7(18)6-11(19)12(10)20/h5-6,8-9H,1-4H2,(H,23,24,25). The van der Waals surface area contributed by atoms with Crippen LogP contribution in [0.15, 0.2) is 12.1 Å². The largest absolute Gasteiger partial charge is 0.465 e. The van der Waals surface area contributed by atoms with E-state index in [-0.39, 0.29) is 25.7 Å². The van der Waals surface area contributed by atoms with Crippen LogP contribution in [-0.2, 0) is 24.4 Å². The maximum atomic E-state index is 13.2. The molecular formula is C15H13F2I3O7S. The zero-order valence-electron chi connectivity index (χ0n) is 13.8. The third-order valence-corrected chi connectivity index (χ3v) is 8.43. The summed E-state index contributed by atoms with van der Waals surface area (Å²) in [5, 5.41) is -5.02. The fourth-order valence-corrected chi connectivity index (χ4v) is 5.15. The summed E-state index contributed by atoms with van der Waals surface area (Å²) in [5.74, 6) is -2.82. The number of hydrogen-bond acceptors (Lipinski definition) is 6. The van der Waals surface area contributed by atoms with Gasteiger partial charge >= 0.3 is 27.3 Å². The van der Waals surface area contributed by atoms with Crippen molar-refractivity contribution < 1.29 is 40.8 Å². The first-order chi connectivity index (χ1) is 12.8. The molecule has 7 nitrogen and oxygen atoms in total. The van der Waals surface area contributed by atoms with Crippen LogP contribution in [0.4, 0.5) is 8.78 Å². The predicted octanol–water partition coefficient (Wildman–Crippen LogP) is 3.99. The second-order valence-electron chi connectivity index (χ2n) is 5.95. The highest BCUT2D eigenvalue weighted by Gasteiger charge is 2.54. The Kier molecular flexibility index (Phi) is 8.28. The molecule has 1 aromatic rings. The van der Waals surface area contributed by atoms with Crippen molar-refractivity contribution in [1.82, 2.24) is 0 Å². The average Bonchev–Trinajstić information content (AvgIpc) is 2.58. The highest BCUT2D eigenvalue weighted by Crippen LogP contribution is 2.29. The Labute approximate surface area is 200 Å². The van der Waals surface area contributed by atoms with E-state index < -0.39 is 39.5 Å². The molecule has 1 fully saturated rings. The van der Waals surface area contributed by atoms with Gasteiger partial charge in [-0.25, -0.2) is 9.59 Å². The summed E-state index contributed by atoms with van der Waals surface area (Å²) in [7, 11) is -5.90. The van der Waals surface area contributed by atoms with Crippen molar-refractivity contribution in [2.75, 3.05) is 0 Å². The summed E-state index contributed by atoms with van der Waals surface area (Å²) in [6, 6.07) is 3.62. The zero-order chi connectivity index (χ0) is 21.3. The Hall–Kier alpha value is 0.120. The number of carbonyl (C=O) groups excluding carboxylic acids is 2. The van der Waals surface area contributed by atoms with Gasteiger partial charge in [-0.1, -0.05) is 0 Å². The van der Waals surface area contributed by atoms with E-state index in [1.165, 1.54) is 0 Å². The first-order valence-electron chi connectivity index (χ1n) is 7.74. The summed E-state index contributed by atoms with van der Waals surface area (Å²) < 4.78 is 68.5. The van der Waals surface area contributed by atoms with Crippen molar-refractivity contribution in [2.24, 2.45) is 0 Å². The first kappa shape index (κ1) is 24.4. The molecule has 1 aliphatic carbocycles. The van der Waals surface area contributed by atoms with Crippen molar-refractivity contribution in [1.29, 1.82) is 0 Å². The van der Waals surface area contributed by atoms with E-state index in [4.69, 9.17) is 9.29 Å². The van der Waals surface area contributed by atoms with E-state index in [1.54, 1.807) is 6.07 Å². The highest BCUT2D eigenvalue weighted by molar-refractivity contribution is 14.1. The van der Waals surface area contributed by atoms with Gasteiger partial charge in [-0.2, -0.15) is 17.2 Å². The minimum Gasteiger partial charge on any atom is -0.459 e. The molecule has 2 rings (SSSR count). The molecule has 28 heavy (non-hydrogen) atoms. The van der Waals surface area contributed by atoms with Crippen molar-refractivity contribution in [2.45, 2.75) is 43.1 Å². The SMILES string of the molecule is O=C(OC1CCC(OC(=O)C(F)(F)S(=O)(=O)O)CC1)c1cc(I)cc(I)c1I. The number of alkyl halides is 2. The van der Waals surface area contributed by atoms with Crippen LogP contribution >= 0.6 is 67.8 Å². The second-order valence-corrected chi connectivity index (χ2v) is 10.9. The van der Waals surface area contributed by atoms with Gasteiger partial charge in [0.05, 0.1) is 5.56 Å². The van der Waals surface area contributed by atoms with E-state index >= 15 is 0 Å². The van der Waals surface area contributed by atoms with Crippen LogP contribution < -0.4 is 0 Å². The number of esters is 2. The molecule has 0 amide bonds. The van der Waals surface area contributed by atoms with E-state index in [2.05, 4.69) is 72.5 Å². The van der Waals surface area contributed by atoms with Gasteiger partial charge in [0.1, 0.15) is 12.2 Å². The second kappa shape index (κ2) is 9.51. The van der Waals surface area contributed by atoms with Crippen LogP contribution in [-0.4, -0.2) is 42.4 Å². The van der Waals surface area contributed by atoms with Gasteiger partial charge in [-0.15, -0.1) is 0 Å². The van der Waals surface area contributed by atoms with E-state index in [0.29, 0.717) is 5.56 Å². The van der Waals surface area contributed by atoms with E-state index in [0.717, 1.165) is 10.7 Å². The molecule has 0 saturated heterocycles. The quantitative estimate of drug-likeness (QED) is 0.210. The Morgan fingerprint density at radius 3 is 2.04 bits per heavy atom. The lowest BCUT2D eigenvalue weighted by Gasteiger charge is -2.28. The highest BCUT2D eigenvalue weighted by atomic mass is 127. The topological polar surface area (TPSA) is 107 Å². The lowest BCUT2D eigenvalue weighted by atomic mass is 9.95. The van der Waals surface area contributed by atoms with Crippen molar-refractivity contribution in [3.63, 3.8) is 0 Å². The number of benzene rings is 1. The van der Waals surface area contributed by atoms with Gasteiger partial charge in [0.25, 0.3) is 0 Å². The summed E-state index contributed by atoms with van der Waals surface area (Å²) in [6.45, 7) is 0. The Morgan fingerprint density at radius 2 is 1.54 bits per heavy atom. The minimum atomic E-state index is -5.90. The van der Waals surface area contributed by atoms with Gasteiger partial charge in [-0.3, -0.25) is 4.55 Å². The smallest absolute Gasteiger partial charge is 0.459 e. The Bertz CT molecular complexity index is 884. The summed E-state index contributed by atoms with van der Waals surface area (Å²) in [6.07, 6.45) is -0.666. The number of halogens is 5. The van der Waals surface area contributed by atoms with Crippen molar-refractivity contribution >= 4 is 89.8 Å². The average molecular weight is 756 g/mol. The van der Waals surface area contributed by atoms with Gasteiger partial charge in [0.15, 0.2) is 0 Å². The monoisotopic (exact) mass is 756 g/mol. The molecule has 156 valence electrons. The Morgan fingerprint density at radius 1 is 1.04 bits per heavy atom. The molecule has 1 aliphatic rings. The molecule has 0 bridgehead atoms. The first-order valence-corrected chi connectivity index (χ1v) is 12.4. The lowest BCUT2D eigenvalue weighted by molar-refractivity contribution is -0.169. The Balaban J connectivity index is 1.93. The maximum absolute atomic E-state index is 13.2. The van der Waals surface area contributed by atoms with Crippen LogP contribution in [0.1, 0.15) is 36.0 Å². The molecule has 0 atom stereocenters. The number of rotatable bonds is 5. The van der Waals surface area contributed by atoms with Gasteiger partial charge in [-0.05, 0) is 106 Å². The summed E-state index contributed by atoms with van der Waals surface area (Å²) in [5.41, 5.74) is 0.429. The molecule has 0 spiro atoms. The fraction of sp³-hybridized carbons (Fsp3) is 0.467. The summed E-state index contributed by atoms with van der Waals surface area (Å²) in [4.78, 5) is 23.8. The molecule has 1 saturated carbocycles. The normalized spacial score (nSPS) is 20.5. The molecule has 1 aromatic carbocycles. The van der Waals surface area contributed by atoms with Crippen LogP contribution in [0.25, 0.3) is 0 Å².